The highest BCUT2D eigenvalue weighted by molar-refractivity contribution is 5.09. The first-order valence-electron chi connectivity index (χ1n) is 6.66. The van der Waals surface area contributed by atoms with Crippen molar-refractivity contribution >= 4 is 0 Å². The molecule has 3 nitrogen and oxygen atoms in total. The van der Waals surface area contributed by atoms with Crippen LogP contribution in [-0.4, -0.2) is 16.1 Å². The molecule has 1 N–H and O–H groups in total. The topological polar surface area (TPSA) is 29.9 Å². The van der Waals surface area contributed by atoms with E-state index in [0.29, 0.717) is 6.04 Å². The number of fused-ring (bicyclic) bond motifs is 1. The van der Waals surface area contributed by atoms with Crippen LogP contribution < -0.4 is 5.32 Å². The normalized spacial score (nSPS) is 25.2. The first-order valence-corrected chi connectivity index (χ1v) is 6.66. The highest BCUT2D eigenvalue weighted by atomic mass is 15.1. The molecule has 3 heteroatoms. The van der Waals surface area contributed by atoms with Crippen LogP contribution in [0.2, 0.25) is 0 Å². The van der Waals surface area contributed by atoms with Gasteiger partial charge in [-0.1, -0.05) is 19.8 Å². The standard InChI is InChI=1S/C13H21N3/c1-2-11-9-16-7-3-6-14-12(13(16)15-11)8-10-4-5-10/h9-10,12,14H,2-8H2,1H3/t12-/m0/s1. The molecule has 0 aromatic carbocycles. The van der Waals surface area contributed by atoms with Crippen LogP contribution in [-0.2, 0) is 13.0 Å². The van der Waals surface area contributed by atoms with Gasteiger partial charge in [-0.25, -0.2) is 4.98 Å². The fourth-order valence-corrected chi connectivity index (χ4v) is 2.61. The van der Waals surface area contributed by atoms with Crippen molar-refractivity contribution in [3.63, 3.8) is 0 Å². The van der Waals surface area contributed by atoms with E-state index in [1.54, 1.807) is 0 Å². The minimum Gasteiger partial charge on any atom is -0.333 e. The largest absolute Gasteiger partial charge is 0.333 e. The summed E-state index contributed by atoms with van der Waals surface area (Å²) in [5.74, 6) is 2.26. The fourth-order valence-electron chi connectivity index (χ4n) is 2.61. The van der Waals surface area contributed by atoms with Crippen molar-refractivity contribution in [2.24, 2.45) is 5.92 Å². The van der Waals surface area contributed by atoms with Crippen LogP contribution in [0.15, 0.2) is 6.20 Å². The van der Waals surface area contributed by atoms with Gasteiger partial charge in [-0.3, -0.25) is 0 Å². The minimum absolute atomic E-state index is 0.510. The molecule has 0 amide bonds. The number of rotatable bonds is 3. The van der Waals surface area contributed by atoms with E-state index < -0.39 is 0 Å². The molecule has 16 heavy (non-hydrogen) atoms. The Labute approximate surface area is 97.3 Å². The maximum absolute atomic E-state index is 4.79. The summed E-state index contributed by atoms with van der Waals surface area (Å²) in [4.78, 5) is 4.79. The van der Waals surface area contributed by atoms with Gasteiger partial charge in [-0.2, -0.15) is 0 Å². The highest BCUT2D eigenvalue weighted by Gasteiger charge is 2.29. The lowest BCUT2D eigenvalue weighted by Gasteiger charge is -2.15. The maximum Gasteiger partial charge on any atom is 0.126 e. The van der Waals surface area contributed by atoms with Crippen molar-refractivity contribution < 1.29 is 0 Å². The van der Waals surface area contributed by atoms with Gasteiger partial charge in [-0.05, 0) is 31.7 Å². The van der Waals surface area contributed by atoms with Crippen LogP contribution in [0, 0.1) is 5.92 Å². The molecule has 1 aliphatic heterocycles. The zero-order valence-electron chi connectivity index (χ0n) is 10.1. The zero-order chi connectivity index (χ0) is 11.0. The Morgan fingerprint density at radius 1 is 1.50 bits per heavy atom. The Morgan fingerprint density at radius 3 is 3.12 bits per heavy atom. The van der Waals surface area contributed by atoms with E-state index in [1.165, 1.54) is 37.2 Å². The van der Waals surface area contributed by atoms with Crippen LogP contribution in [0.25, 0.3) is 0 Å². The zero-order valence-corrected chi connectivity index (χ0v) is 10.1. The predicted molar refractivity (Wildman–Crippen MR) is 64.3 cm³/mol. The van der Waals surface area contributed by atoms with E-state index in [1.807, 2.05) is 0 Å². The third kappa shape index (κ3) is 2.01. The van der Waals surface area contributed by atoms with Crippen LogP contribution in [0.5, 0.6) is 0 Å². The number of aryl methyl sites for hydroxylation is 2. The van der Waals surface area contributed by atoms with Crippen LogP contribution in [0.3, 0.4) is 0 Å². The van der Waals surface area contributed by atoms with E-state index in [9.17, 15) is 0 Å². The van der Waals surface area contributed by atoms with Crippen molar-refractivity contribution in [1.29, 1.82) is 0 Å². The van der Waals surface area contributed by atoms with Gasteiger partial charge in [-0.15, -0.1) is 0 Å². The highest BCUT2D eigenvalue weighted by Crippen LogP contribution is 2.37. The quantitative estimate of drug-likeness (QED) is 0.845. The number of hydrogen-bond acceptors (Lipinski definition) is 2. The first-order chi connectivity index (χ1) is 7.86. The van der Waals surface area contributed by atoms with E-state index in [2.05, 4.69) is 23.0 Å². The summed E-state index contributed by atoms with van der Waals surface area (Å²) >= 11 is 0. The van der Waals surface area contributed by atoms with Crippen LogP contribution in [0.1, 0.15) is 50.2 Å². The molecule has 2 aliphatic rings. The van der Waals surface area contributed by atoms with E-state index >= 15 is 0 Å². The van der Waals surface area contributed by atoms with Gasteiger partial charge in [0, 0.05) is 12.7 Å². The lowest BCUT2D eigenvalue weighted by atomic mass is 10.1. The summed E-state index contributed by atoms with van der Waals surface area (Å²) in [7, 11) is 0. The molecule has 0 spiro atoms. The molecule has 1 saturated carbocycles. The smallest absolute Gasteiger partial charge is 0.126 e. The summed E-state index contributed by atoms with van der Waals surface area (Å²) in [5, 5.41) is 3.66. The second kappa shape index (κ2) is 4.21. The molecule has 1 atom stereocenters. The first kappa shape index (κ1) is 10.3. The molecule has 1 fully saturated rings. The van der Waals surface area contributed by atoms with Crippen LogP contribution in [0.4, 0.5) is 0 Å². The molecule has 0 unspecified atom stereocenters. The SMILES string of the molecule is CCc1cn2c(n1)[C@H](CC1CC1)NCCC2. The number of aromatic nitrogens is 2. The van der Waals surface area contributed by atoms with Crippen molar-refractivity contribution in [3.05, 3.63) is 17.7 Å². The van der Waals surface area contributed by atoms with Gasteiger partial charge in [0.15, 0.2) is 0 Å². The maximum atomic E-state index is 4.79. The fraction of sp³-hybridized carbons (Fsp3) is 0.769. The molecule has 1 aromatic heterocycles. The Hall–Kier alpha value is -0.830. The summed E-state index contributed by atoms with van der Waals surface area (Å²) in [5.41, 5.74) is 1.25. The van der Waals surface area contributed by atoms with Crippen molar-refractivity contribution in [2.45, 2.75) is 51.6 Å². The summed E-state index contributed by atoms with van der Waals surface area (Å²) in [6.45, 7) is 4.46. The number of nitrogens with one attached hydrogen (secondary N) is 1. The Morgan fingerprint density at radius 2 is 2.38 bits per heavy atom. The monoisotopic (exact) mass is 219 g/mol. The van der Waals surface area contributed by atoms with Crippen LogP contribution >= 0.6 is 0 Å². The number of nitrogens with zero attached hydrogens (tertiary/aromatic N) is 2. The van der Waals surface area contributed by atoms with Gasteiger partial charge in [0.1, 0.15) is 5.82 Å². The van der Waals surface area contributed by atoms with Crippen molar-refractivity contribution in [2.75, 3.05) is 6.54 Å². The van der Waals surface area contributed by atoms with E-state index in [-0.39, 0.29) is 0 Å². The summed E-state index contributed by atoms with van der Waals surface area (Å²) in [6, 6.07) is 0.510. The molecule has 0 bridgehead atoms. The van der Waals surface area contributed by atoms with E-state index in [0.717, 1.165) is 25.4 Å². The molecule has 88 valence electrons. The summed E-state index contributed by atoms with van der Waals surface area (Å²) < 4.78 is 2.38. The lowest BCUT2D eigenvalue weighted by Crippen LogP contribution is -2.22. The molecule has 1 aliphatic carbocycles. The Bertz CT molecular complexity index is 365. The van der Waals surface area contributed by atoms with Crippen molar-refractivity contribution in [3.8, 4) is 0 Å². The second-order valence-electron chi connectivity index (χ2n) is 5.18. The summed E-state index contributed by atoms with van der Waals surface area (Å²) in [6.07, 6.45) is 8.69. The van der Waals surface area contributed by atoms with Crippen molar-refractivity contribution in [1.82, 2.24) is 14.9 Å². The molecule has 3 rings (SSSR count). The average Bonchev–Trinajstić information content (AvgIpc) is 3.05. The Balaban J connectivity index is 1.85. The molecule has 1 aromatic rings. The molecule has 0 radical (unpaired) electrons. The van der Waals surface area contributed by atoms with Gasteiger partial charge in [0.2, 0.25) is 0 Å². The van der Waals surface area contributed by atoms with Gasteiger partial charge in [0.25, 0.3) is 0 Å². The second-order valence-corrected chi connectivity index (χ2v) is 5.18. The molecular weight excluding hydrogens is 198 g/mol. The number of hydrogen-bond donors (Lipinski definition) is 1. The molecular formula is C13H21N3. The lowest BCUT2D eigenvalue weighted by molar-refractivity contribution is 0.468. The van der Waals surface area contributed by atoms with Gasteiger partial charge in [0.05, 0.1) is 11.7 Å². The minimum atomic E-state index is 0.510. The molecule has 0 saturated heterocycles. The third-order valence-corrected chi connectivity index (χ3v) is 3.76. The predicted octanol–water partition coefficient (Wildman–Crippen LogP) is 2.28. The average molecular weight is 219 g/mol. The third-order valence-electron chi connectivity index (χ3n) is 3.76. The van der Waals surface area contributed by atoms with Gasteiger partial charge < -0.3 is 9.88 Å². The molecule has 2 heterocycles. The number of imidazole rings is 1. The Kier molecular flexibility index (Phi) is 2.72. The van der Waals surface area contributed by atoms with E-state index in [4.69, 9.17) is 4.98 Å². The van der Waals surface area contributed by atoms with Gasteiger partial charge >= 0.3 is 0 Å².